The first-order valence-electron chi connectivity index (χ1n) is 7.73. The van der Waals surface area contributed by atoms with E-state index in [2.05, 4.69) is 37.5 Å². The van der Waals surface area contributed by atoms with E-state index in [1.165, 1.54) is 52.1 Å². The summed E-state index contributed by atoms with van der Waals surface area (Å²) in [6.45, 7) is 16.7. The SMILES string of the molecule is CCN(CC)CC[CH2][GeH2][CH2]CCN(CC)CC.[H-].[H-]. The molecule has 0 aliphatic heterocycles. The Hall–Kier alpha value is 0.463. The molecule has 0 bridgehead atoms. The standard InChI is InChI=1S/C14H34GeN2.2H/c1-5-16(6-2)13-9-11-15-12-10-14-17(7-3)8-4;;/h5-15H2,1-4H3;;/q;2*-1. The van der Waals surface area contributed by atoms with Crippen LogP contribution in [0.5, 0.6) is 0 Å². The smallest absolute Gasteiger partial charge is 1.00 e. The summed E-state index contributed by atoms with van der Waals surface area (Å²) in [5, 5.41) is 3.20. The zero-order valence-corrected chi connectivity index (χ0v) is 15.6. The molecule has 0 fully saturated rings. The van der Waals surface area contributed by atoms with Crippen molar-refractivity contribution in [3.05, 3.63) is 0 Å². The van der Waals surface area contributed by atoms with Gasteiger partial charge in [-0.3, -0.25) is 0 Å². The second kappa shape index (κ2) is 12.9. The van der Waals surface area contributed by atoms with Crippen LogP contribution in [-0.2, 0) is 0 Å². The van der Waals surface area contributed by atoms with Crippen LogP contribution in [0.2, 0.25) is 10.5 Å². The predicted molar refractivity (Wildman–Crippen MR) is 85.2 cm³/mol. The normalized spacial score (nSPS) is 11.6. The van der Waals surface area contributed by atoms with E-state index in [-0.39, 0.29) is 18.3 Å². The van der Waals surface area contributed by atoms with Gasteiger partial charge in [-0.25, -0.2) is 0 Å². The molecule has 0 radical (unpaired) electrons. The molecular weight excluding hydrogens is 269 g/mol. The fourth-order valence-corrected chi connectivity index (χ4v) is 5.44. The molecule has 0 unspecified atom stereocenters. The molecule has 0 aliphatic rings. The molecular formula is C14H36GeN2-2. The van der Waals surface area contributed by atoms with Gasteiger partial charge in [0.05, 0.1) is 0 Å². The predicted octanol–water partition coefficient (Wildman–Crippen LogP) is 2.68. The van der Waals surface area contributed by atoms with Crippen molar-refractivity contribution in [3.63, 3.8) is 0 Å². The van der Waals surface area contributed by atoms with E-state index in [1.54, 1.807) is 10.5 Å². The molecule has 0 spiro atoms. The van der Waals surface area contributed by atoms with E-state index < -0.39 is 0 Å². The van der Waals surface area contributed by atoms with E-state index in [9.17, 15) is 0 Å². The molecule has 3 heteroatoms. The van der Waals surface area contributed by atoms with Gasteiger partial charge in [0.25, 0.3) is 0 Å². The van der Waals surface area contributed by atoms with E-state index in [0.29, 0.717) is 0 Å². The summed E-state index contributed by atoms with van der Waals surface area (Å²) in [4.78, 5) is 5.11. The fraction of sp³-hybridized carbons (Fsp3) is 1.00. The van der Waals surface area contributed by atoms with Crippen molar-refractivity contribution in [3.8, 4) is 0 Å². The van der Waals surface area contributed by atoms with Gasteiger partial charge in [-0.15, -0.1) is 0 Å². The maximum absolute atomic E-state index is 2.55. The summed E-state index contributed by atoms with van der Waals surface area (Å²) in [7, 11) is 0. The van der Waals surface area contributed by atoms with Gasteiger partial charge in [0.1, 0.15) is 0 Å². The first kappa shape index (κ1) is 17.5. The van der Waals surface area contributed by atoms with Gasteiger partial charge in [0.2, 0.25) is 0 Å². The molecule has 0 saturated carbocycles. The van der Waals surface area contributed by atoms with Crippen molar-refractivity contribution in [1.82, 2.24) is 9.80 Å². The minimum absolute atomic E-state index is 0. The van der Waals surface area contributed by atoms with Gasteiger partial charge >= 0.3 is 116 Å². The van der Waals surface area contributed by atoms with E-state index in [1.807, 2.05) is 0 Å². The third kappa shape index (κ3) is 10.1. The van der Waals surface area contributed by atoms with Crippen LogP contribution in [0.25, 0.3) is 0 Å². The summed E-state index contributed by atoms with van der Waals surface area (Å²) in [5.41, 5.74) is 0. The van der Waals surface area contributed by atoms with E-state index in [0.717, 1.165) is 0 Å². The Labute approximate surface area is 119 Å². The maximum Gasteiger partial charge on any atom is -1.00 e. The third-order valence-corrected chi connectivity index (χ3v) is 7.93. The van der Waals surface area contributed by atoms with Crippen LogP contribution in [0.1, 0.15) is 43.4 Å². The summed E-state index contributed by atoms with van der Waals surface area (Å²) in [6.07, 6.45) is 2.93. The molecule has 0 aromatic rings. The van der Waals surface area contributed by atoms with Crippen LogP contribution in [0.15, 0.2) is 0 Å². The minimum Gasteiger partial charge on any atom is -1.00 e. The zero-order valence-electron chi connectivity index (χ0n) is 14.7. The van der Waals surface area contributed by atoms with E-state index >= 15 is 0 Å². The quantitative estimate of drug-likeness (QED) is 0.404. The van der Waals surface area contributed by atoms with Crippen LogP contribution < -0.4 is 0 Å². The van der Waals surface area contributed by atoms with Crippen LogP contribution in [-0.4, -0.2) is 64.5 Å². The summed E-state index contributed by atoms with van der Waals surface area (Å²) in [5.74, 6) is 0. The second-order valence-electron chi connectivity index (χ2n) is 4.82. The molecule has 0 atom stereocenters. The Balaban J connectivity index is -0.00000128. The molecule has 0 aromatic carbocycles. The Morgan fingerprint density at radius 3 is 1.35 bits per heavy atom. The maximum atomic E-state index is 2.55. The number of nitrogens with zero attached hydrogens (tertiary/aromatic N) is 2. The molecule has 0 amide bonds. The monoisotopic (exact) mass is 306 g/mol. The summed E-state index contributed by atoms with van der Waals surface area (Å²) in [6, 6.07) is 0. The molecule has 0 rings (SSSR count). The molecule has 108 valence electrons. The average Bonchev–Trinajstić information content (AvgIpc) is 2.37. The molecule has 17 heavy (non-hydrogen) atoms. The van der Waals surface area contributed by atoms with Gasteiger partial charge in [0, 0.05) is 0 Å². The third-order valence-electron chi connectivity index (χ3n) is 3.74. The van der Waals surface area contributed by atoms with Crippen LogP contribution in [0.4, 0.5) is 0 Å². The Kier molecular flexibility index (Phi) is 13.3. The number of hydrogen-bond donors (Lipinski definition) is 0. The van der Waals surface area contributed by atoms with Crippen molar-refractivity contribution in [2.45, 2.75) is 51.0 Å². The van der Waals surface area contributed by atoms with Gasteiger partial charge in [-0.1, -0.05) is 0 Å². The van der Waals surface area contributed by atoms with Crippen LogP contribution in [0, 0.1) is 0 Å². The van der Waals surface area contributed by atoms with Gasteiger partial charge in [-0.2, -0.15) is 0 Å². The van der Waals surface area contributed by atoms with Crippen LogP contribution >= 0.6 is 0 Å². The number of hydrogen-bond acceptors (Lipinski definition) is 2. The first-order chi connectivity index (χ1) is 8.28. The largest absolute Gasteiger partial charge is 1.00 e. The van der Waals surface area contributed by atoms with Gasteiger partial charge < -0.3 is 2.85 Å². The number of rotatable bonds is 12. The zero-order chi connectivity index (χ0) is 12.9. The van der Waals surface area contributed by atoms with Crippen molar-refractivity contribution < 1.29 is 2.85 Å². The van der Waals surface area contributed by atoms with Crippen molar-refractivity contribution in [2.75, 3.05) is 39.3 Å². The molecule has 0 saturated heterocycles. The van der Waals surface area contributed by atoms with Gasteiger partial charge in [0.15, 0.2) is 0 Å². The van der Waals surface area contributed by atoms with E-state index in [4.69, 9.17) is 0 Å². The van der Waals surface area contributed by atoms with Gasteiger partial charge in [-0.05, 0) is 0 Å². The second-order valence-corrected chi connectivity index (χ2v) is 9.27. The molecule has 0 aromatic heterocycles. The first-order valence-corrected chi connectivity index (χ1v) is 11.9. The Morgan fingerprint density at radius 2 is 1.06 bits per heavy atom. The molecule has 0 N–H and O–H groups in total. The molecule has 0 heterocycles. The average molecular weight is 305 g/mol. The van der Waals surface area contributed by atoms with Crippen molar-refractivity contribution in [1.29, 1.82) is 0 Å². The summed E-state index contributed by atoms with van der Waals surface area (Å²) < 4.78 is 0. The minimum atomic E-state index is -0.171. The Bertz CT molecular complexity index is 138. The molecule has 2 nitrogen and oxygen atoms in total. The summed E-state index contributed by atoms with van der Waals surface area (Å²) >= 11 is -0.171. The Morgan fingerprint density at radius 1 is 0.706 bits per heavy atom. The molecule has 0 aliphatic carbocycles. The van der Waals surface area contributed by atoms with Crippen molar-refractivity contribution in [2.24, 2.45) is 0 Å². The van der Waals surface area contributed by atoms with Crippen molar-refractivity contribution >= 4 is 15.4 Å². The topological polar surface area (TPSA) is 6.48 Å². The van der Waals surface area contributed by atoms with Crippen LogP contribution in [0.3, 0.4) is 0 Å². The fourth-order valence-electron chi connectivity index (χ4n) is 2.28.